The maximum atomic E-state index is 13.3. The summed E-state index contributed by atoms with van der Waals surface area (Å²) in [5.41, 5.74) is 0.907. The molecule has 1 fully saturated rings. The highest BCUT2D eigenvalue weighted by Gasteiger charge is 2.27. The van der Waals surface area contributed by atoms with Crippen molar-refractivity contribution in [2.75, 3.05) is 51.6 Å². The Balaban J connectivity index is 1.88. The predicted molar refractivity (Wildman–Crippen MR) is 114 cm³/mol. The van der Waals surface area contributed by atoms with Crippen molar-refractivity contribution in [2.24, 2.45) is 4.99 Å². The van der Waals surface area contributed by atoms with Gasteiger partial charge in [0.05, 0.1) is 18.5 Å². The highest BCUT2D eigenvalue weighted by molar-refractivity contribution is 7.89. The second kappa shape index (κ2) is 11.5. The topological polar surface area (TPSA) is 74.2 Å². The van der Waals surface area contributed by atoms with Crippen molar-refractivity contribution in [1.29, 1.82) is 0 Å². The first-order chi connectivity index (χ1) is 13.8. The van der Waals surface area contributed by atoms with Crippen LogP contribution >= 0.6 is 0 Å². The maximum absolute atomic E-state index is 13.3. The van der Waals surface area contributed by atoms with Crippen molar-refractivity contribution in [2.45, 2.75) is 33.3 Å². The Kier molecular flexibility index (Phi) is 9.32. The summed E-state index contributed by atoms with van der Waals surface area (Å²) in [5, 5.41) is 3.26. The summed E-state index contributed by atoms with van der Waals surface area (Å²) in [7, 11) is -3.31. The molecule has 164 valence electrons. The van der Waals surface area contributed by atoms with Crippen LogP contribution < -0.4 is 5.32 Å². The van der Waals surface area contributed by atoms with Crippen molar-refractivity contribution in [3.8, 4) is 0 Å². The summed E-state index contributed by atoms with van der Waals surface area (Å²) in [5.74, 6) is 0.533. The largest absolute Gasteiger partial charge is 0.378 e. The van der Waals surface area contributed by atoms with Gasteiger partial charge in [-0.2, -0.15) is 4.31 Å². The fourth-order valence-corrected chi connectivity index (χ4v) is 4.39. The molecule has 0 unspecified atom stereocenters. The molecule has 0 bridgehead atoms. The van der Waals surface area contributed by atoms with Gasteiger partial charge in [-0.05, 0) is 44.9 Å². The number of aliphatic imine (C=N–C) groups is 1. The third kappa shape index (κ3) is 7.91. The quantitative estimate of drug-likeness (QED) is 0.479. The molecule has 1 aromatic carbocycles. The second-order valence-electron chi connectivity index (χ2n) is 7.24. The molecule has 0 saturated carbocycles. The molecule has 0 amide bonds. The molecular weight excluding hydrogens is 395 g/mol. The third-order valence-corrected chi connectivity index (χ3v) is 6.44. The average molecular weight is 429 g/mol. The van der Waals surface area contributed by atoms with Gasteiger partial charge in [0, 0.05) is 39.3 Å². The summed E-state index contributed by atoms with van der Waals surface area (Å²) >= 11 is 0. The molecule has 7 nitrogen and oxygen atoms in total. The first-order valence-corrected chi connectivity index (χ1v) is 11.8. The number of hydrogen-bond acceptors (Lipinski definition) is 4. The molecule has 1 saturated heterocycles. The average Bonchev–Trinajstić information content (AvgIpc) is 2.67. The van der Waals surface area contributed by atoms with Crippen molar-refractivity contribution < 1.29 is 17.5 Å². The lowest BCUT2D eigenvalue weighted by atomic mass is 10.1. The Morgan fingerprint density at radius 2 is 2.00 bits per heavy atom. The van der Waals surface area contributed by atoms with Crippen LogP contribution in [-0.4, -0.2) is 81.3 Å². The molecular formula is C20H33FN4O3S. The van der Waals surface area contributed by atoms with Gasteiger partial charge in [-0.1, -0.05) is 12.1 Å². The van der Waals surface area contributed by atoms with Crippen molar-refractivity contribution in [3.63, 3.8) is 0 Å². The van der Waals surface area contributed by atoms with Gasteiger partial charge in [0.1, 0.15) is 5.82 Å². The van der Waals surface area contributed by atoms with Crippen LogP contribution in [0.25, 0.3) is 0 Å². The van der Waals surface area contributed by atoms with E-state index in [0.29, 0.717) is 39.1 Å². The molecule has 1 N–H and O–H groups in total. The minimum absolute atomic E-state index is 0.00692. The lowest BCUT2D eigenvalue weighted by Gasteiger charge is -2.36. The number of piperazine rings is 1. The van der Waals surface area contributed by atoms with E-state index in [4.69, 9.17) is 4.74 Å². The van der Waals surface area contributed by atoms with Gasteiger partial charge in [-0.3, -0.25) is 4.99 Å². The van der Waals surface area contributed by atoms with Gasteiger partial charge in [-0.25, -0.2) is 12.8 Å². The van der Waals surface area contributed by atoms with Crippen LogP contribution in [0.4, 0.5) is 4.39 Å². The lowest BCUT2D eigenvalue weighted by Crippen LogP contribution is -2.54. The third-order valence-electron chi connectivity index (χ3n) is 4.61. The molecule has 29 heavy (non-hydrogen) atoms. The van der Waals surface area contributed by atoms with E-state index in [1.54, 1.807) is 6.07 Å². The molecule has 1 heterocycles. The number of nitrogens with one attached hydrogen (secondary N) is 1. The molecule has 1 aromatic rings. The van der Waals surface area contributed by atoms with Crippen LogP contribution in [-0.2, 0) is 21.2 Å². The number of nitrogens with zero attached hydrogens (tertiary/aromatic N) is 3. The zero-order valence-corrected chi connectivity index (χ0v) is 18.4. The summed E-state index contributed by atoms with van der Waals surface area (Å²) in [6, 6.07) is 6.54. The Morgan fingerprint density at radius 3 is 2.62 bits per heavy atom. The van der Waals surface area contributed by atoms with Crippen LogP contribution in [0.15, 0.2) is 29.3 Å². The standard InChI is InChI=1S/C20H33FN4O3S/c1-4-22-20(23-9-8-18-6-5-7-19(21)16-18)24-10-12-25(13-11-24)29(26,27)15-14-28-17(2)3/h5-7,16-17H,4,8-15H2,1-3H3,(H,22,23). The van der Waals surface area contributed by atoms with E-state index in [9.17, 15) is 12.8 Å². The van der Waals surface area contributed by atoms with Gasteiger partial charge in [0.15, 0.2) is 5.96 Å². The minimum atomic E-state index is -3.31. The lowest BCUT2D eigenvalue weighted by molar-refractivity contribution is 0.0904. The van der Waals surface area contributed by atoms with E-state index in [0.717, 1.165) is 18.1 Å². The van der Waals surface area contributed by atoms with E-state index < -0.39 is 10.0 Å². The molecule has 0 aliphatic carbocycles. The number of rotatable bonds is 9. The monoisotopic (exact) mass is 428 g/mol. The number of guanidine groups is 1. The van der Waals surface area contributed by atoms with E-state index in [1.165, 1.54) is 16.4 Å². The van der Waals surface area contributed by atoms with Gasteiger partial charge in [0.2, 0.25) is 10.0 Å². The molecule has 0 radical (unpaired) electrons. The number of halogens is 1. The molecule has 0 spiro atoms. The molecule has 9 heteroatoms. The first kappa shape index (κ1) is 23.6. The molecule has 0 aromatic heterocycles. The Hall–Kier alpha value is -1.71. The number of benzene rings is 1. The fourth-order valence-electron chi connectivity index (χ4n) is 3.11. The number of sulfonamides is 1. The summed E-state index contributed by atoms with van der Waals surface area (Å²) in [6.07, 6.45) is 0.671. The second-order valence-corrected chi connectivity index (χ2v) is 9.33. The van der Waals surface area contributed by atoms with Crippen LogP contribution in [0.1, 0.15) is 26.3 Å². The molecule has 1 aliphatic heterocycles. The zero-order chi connectivity index (χ0) is 21.3. The van der Waals surface area contributed by atoms with E-state index in [1.807, 2.05) is 26.8 Å². The van der Waals surface area contributed by atoms with Gasteiger partial charge < -0.3 is 15.0 Å². The zero-order valence-electron chi connectivity index (χ0n) is 17.6. The Bertz CT molecular complexity index is 763. The highest BCUT2D eigenvalue weighted by atomic mass is 32.2. The molecule has 0 atom stereocenters. The van der Waals surface area contributed by atoms with Crippen LogP contribution in [0.3, 0.4) is 0 Å². The summed E-state index contributed by atoms with van der Waals surface area (Å²) in [6.45, 7) is 9.27. The van der Waals surface area contributed by atoms with Gasteiger partial charge in [0.25, 0.3) is 0 Å². The minimum Gasteiger partial charge on any atom is -0.378 e. The SMILES string of the molecule is CCNC(=NCCc1cccc(F)c1)N1CCN(S(=O)(=O)CCOC(C)C)CC1. The Morgan fingerprint density at radius 1 is 1.28 bits per heavy atom. The molecule has 2 rings (SSSR count). The number of ether oxygens (including phenoxy) is 1. The van der Waals surface area contributed by atoms with Gasteiger partial charge >= 0.3 is 0 Å². The summed E-state index contributed by atoms with van der Waals surface area (Å²) in [4.78, 5) is 6.71. The van der Waals surface area contributed by atoms with Crippen molar-refractivity contribution in [1.82, 2.24) is 14.5 Å². The normalized spacial score (nSPS) is 16.4. The Labute approximate surface area is 174 Å². The van der Waals surface area contributed by atoms with Gasteiger partial charge in [-0.15, -0.1) is 0 Å². The first-order valence-electron chi connectivity index (χ1n) is 10.2. The van der Waals surface area contributed by atoms with Crippen molar-refractivity contribution in [3.05, 3.63) is 35.6 Å². The van der Waals surface area contributed by atoms with Crippen LogP contribution in [0, 0.1) is 5.82 Å². The molecule has 1 aliphatic rings. The van der Waals surface area contributed by atoms with Crippen molar-refractivity contribution >= 4 is 16.0 Å². The maximum Gasteiger partial charge on any atom is 0.216 e. The fraction of sp³-hybridized carbons (Fsp3) is 0.650. The van der Waals surface area contributed by atoms with E-state index >= 15 is 0 Å². The van der Waals surface area contributed by atoms with Crippen LogP contribution in [0.2, 0.25) is 0 Å². The summed E-state index contributed by atoms with van der Waals surface area (Å²) < 4.78 is 45.2. The predicted octanol–water partition coefficient (Wildman–Crippen LogP) is 1.71. The van der Waals surface area contributed by atoms with Crippen LogP contribution in [0.5, 0.6) is 0 Å². The number of hydrogen-bond donors (Lipinski definition) is 1. The van der Waals surface area contributed by atoms with E-state index in [2.05, 4.69) is 15.2 Å². The highest BCUT2D eigenvalue weighted by Crippen LogP contribution is 2.10. The van der Waals surface area contributed by atoms with E-state index in [-0.39, 0.29) is 24.3 Å². The smallest absolute Gasteiger partial charge is 0.216 e.